The molecule has 3 fully saturated rings. The molecule has 60 nitrogen and oxygen atoms in total. The van der Waals surface area contributed by atoms with E-state index in [2.05, 4.69) is 168 Å². The van der Waals surface area contributed by atoms with Gasteiger partial charge in [0.15, 0.2) is 12.5 Å². The van der Waals surface area contributed by atoms with Crippen LogP contribution in [0, 0.1) is 35.5 Å². The number of fused-ring (bicyclic) bond motifs is 1. The van der Waals surface area contributed by atoms with Crippen molar-refractivity contribution >= 4 is 58.1 Å². The van der Waals surface area contributed by atoms with Crippen LogP contribution in [0.3, 0.4) is 0 Å². The van der Waals surface area contributed by atoms with Crippen LogP contribution < -0.4 is 90.5 Å². The number of rotatable bonds is 50. The lowest BCUT2D eigenvalue weighted by molar-refractivity contribution is -0.128. The molecule has 0 spiro atoms. The topological polar surface area (TPSA) is 814 Å². The number of aromatic nitrogens is 7. The summed E-state index contributed by atoms with van der Waals surface area (Å²) in [5.41, 5.74) is 63.9. The Bertz CT molecular complexity index is 6140. The number of ether oxygens (including phenoxy) is 15. The summed E-state index contributed by atoms with van der Waals surface area (Å²) in [6.45, 7) is 0.00491. The van der Waals surface area contributed by atoms with Gasteiger partial charge in [0, 0.05) is 112 Å². The van der Waals surface area contributed by atoms with Crippen LogP contribution >= 0.6 is 0 Å². The third-order valence-corrected chi connectivity index (χ3v) is 19.4. The molecule has 11 unspecified atom stereocenters. The highest BCUT2D eigenvalue weighted by atomic mass is 16.6. The third-order valence-electron chi connectivity index (χ3n) is 19.4. The van der Waals surface area contributed by atoms with Crippen LogP contribution in [0.5, 0.6) is 17.2 Å². The summed E-state index contributed by atoms with van der Waals surface area (Å²) in [6.07, 6.45) is -0.502. The van der Waals surface area contributed by atoms with E-state index in [9.17, 15) is 43.2 Å². The minimum absolute atomic E-state index is 0.00588. The van der Waals surface area contributed by atoms with Crippen molar-refractivity contribution in [1.29, 1.82) is 0 Å². The summed E-state index contributed by atoms with van der Waals surface area (Å²) >= 11 is 0. The van der Waals surface area contributed by atoms with Crippen LogP contribution in [0.15, 0.2) is 143 Å². The normalized spacial score (nSPS) is 16.9. The number of benzene rings is 3. The van der Waals surface area contributed by atoms with Crippen LogP contribution in [0.1, 0.15) is 85.7 Å². The number of aromatic amines is 1. The molecule has 3 saturated heterocycles. The van der Waals surface area contributed by atoms with Gasteiger partial charge in [-0.15, -0.1) is 0 Å². The standard InChI is InChI=1S/C29H35N13O7.C27H34N12O8.C17H22N6O7.C11H15N5O2/c1-33-15-37-29(44)18-5-3-7-20(9-18)46-14-24(39-41-32)47-13-23(43)34-8-4-6-19-11-42(28-26(19)27(30)35-16-36-28)25-10-21(48-17-38-40-31)22(49-25)12-45-2;1-31-15-33-26(41)17-5-3-7-19(9-17)44-14-23(36-38-30)45-13-22(40)32-8-4-6-18-11-39(27(42)35-25(18)28)24-10-20(46-16-34-37-29)21(47-24)12-43-2;1-27-8-13-12(29-10-20-22-18)6-15(30-13)23-7-11(16(25)21-17(23)26)4-3-5-19-14(24)9-28-2;1-13-8-14-11(17)9-3-2-4-10(7-9)18-6-5-15-16-12/h3,5,7,9,11,16,21-22,24-25,33H,8,10,12-15,17H2,1-2H3,(H,34,43)(H,37,44)(H2,30,35,36);3,5,7,9,11,20-21,23-24,31H,8,10,12-16H2,1-2H3,(H,32,40)(H,33,41)(H2,28,35,42);7,12-13,15H,5-6,8-10H2,1-2H3,(H,19,24)(H,21,25,26);2-4,7,13H,5-6,8H2,1H3,(H,14,17). The molecule has 3 aliphatic rings. The van der Waals surface area contributed by atoms with Crippen molar-refractivity contribution in [1.82, 2.24) is 81.5 Å². The van der Waals surface area contributed by atoms with Gasteiger partial charge in [0.2, 0.25) is 17.7 Å². The van der Waals surface area contributed by atoms with Gasteiger partial charge in [-0.3, -0.25) is 47.7 Å². The molecular weight excluding hydrogens is 1900 g/mol. The second-order valence-electron chi connectivity index (χ2n) is 29.2. The van der Waals surface area contributed by atoms with Crippen molar-refractivity contribution in [2.75, 3.05) is 187 Å². The fourth-order valence-corrected chi connectivity index (χ4v) is 12.9. The van der Waals surface area contributed by atoms with E-state index in [4.69, 9.17) is 111 Å². The first-order valence-corrected chi connectivity index (χ1v) is 43.2. The Morgan fingerprint density at radius 1 is 0.493 bits per heavy atom. The summed E-state index contributed by atoms with van der Waals surface area (Å²) in [7, 11) is 11.1. The highest BCUT2D eigenvalue weighted by Crippen LogP contribution is 2.37. The minimum atomic E-state index is -1.14. The molecule has 10 rings (SSSR count). The molecule has 14 N–H and O–H groups in total. The summed E-state index contributed by atoms with van der Waals surface area (Å²) < 4.78 is 86.4. The number of hydrogen-bond donors (Lipinski definition) is 12. The molecule has 0 aliphatic carbocycles. The van der Waals surface area contributed by atoms with Gasteiger partial charge in [0.1, 0.15) is 137 Å². The number of carbonyl (C=O) groups is 6. The van der Waals surface area contributed by atoms with Crippen LogP contribution in [0.25, 0.3) is 73.7 Å². The molecule has 7 heterocycles. The lowest BCUT2D eigenvalue weighted by atomic mass is 10.2. The molecule has 4 aromatic heterocycles. The molecule has 11 atom stereocenters. The number of H-pyrrole nitrogens is 1. The maximum atomic E-state index is 12.6. The fourth-order valence-electron chi connectivity index (χ4n) is 12.9. The molecule has 7 aromatic rings. The Balaban J connectivity index is 0.000000275. The second kappa shape index (κ2) is 64.8. The molecule has 3 aliphatic heterocycles. The molecule has 3 aromatic carbocycles. The number of amides is 6. The van der Waals surface area contributed by atoms with Crippen LogP contribution in [-0.4, -0.2) is 294 Å². The number of azide groups is 6. The maximum Gasteiger partial charge on any atom is 0.351 e. The van der Waals surface area contributed by atoms with E-state index in [0.29, 0.717) is 70.3 Å². The Hall–Kier alpha value is -16.4. The zero-order valence-corrected chi connectivity index (χ0v) is 78.8. The predicted octanol–water partition coefficient (Wildman–Crippen LogP) is 2.75. The lowest BCUT2D eigenvalue weighted by Crippen LogP contribution is -2.34. The number of nitrogens with two attached hydrogens (primary N) is 2. The first-order chi connectivity index (χ1) is 69.9. The van der Waals surface area contributed by atoms with Crippen molar-refractivity contribution in [3.05, 3.63) is 225 Å². The molecule has 60 heteroatoms. The smallest absolute Gasteiger partial charge is 0.351 e. The first-order valence-electron chi connectivity index (χ1n) is 43.2. The maximum absolute atomic E-state index is 12.6. The van der Waals surface area contributed by atoms with E-state index in [1.165, 1.54) is 61.3 Å². The summed E-state index contributed by atoms with van der Waals surface area (Å²) in [6, 6.07) is 19.6. The first kappa shape index (κ1) is 115. The van der Waals surface area contributed by atoms with Gasteiger partial charge in [-0.05, 0) is 109 Å². The number of anilines is 2. The summed E-state index contributed by atoms with van der Waals surface area (Å²) in [4.78, 5) is 140. The monoisotopic (exact) mass is 2000 g/mol. The van der Waals surface area contributed by atoms with Crippen LogP contribution in [0.4, 0.5) is 11.6 Å². The third kappa shape index (κ3) is 39.0. The van der Waals surface area contributed by atoms with Gasteiger partial charge in [-0.1, -0.05) is 84.4 Å². The van der Waals surface area contributed by atoms with Crippen molar-refractivity contribution in [2.45, 2.75) is 87.0 Å². The quantitative estimate of drug-likeness (QED) is 0.00651. The molecule has 0 bridgehead atoms. The zero-order chi connectivity index (χ0) is 104. The van der Waals surface area contributed by atoms with E-state index in [1.807, 2.05) is 0 Å². The van der Waals surface area contributed by atoms with E-state index >= 15 is 0 Å². The van der Waals surface area contributed by atoms with Crippen molar-refractivity contribution < 1.29 is 99.8 Å². The van der Waals surface area contributed by atoms with Crippen molar-refractivity contribution in [3.8, 4) is 52.8 Å². The Morgan fingerprint density at radius 2 is 0.896 bits per heavy atom. The van der Waals surface area contributed by atoms with E-state index in [0.717, 1.165) is 0 Å². The number of carbonyl (C=O) groups excluding carboxylic acids is 6. The van der Waals surface area contributed by atoms with Crippen molar-refractivity contribution in [3.63, 3.8) is 0 Å². The Labute approximate surface area is 818 Å². The van der Waals surface area contributed by atoms with Gasteiger partial charge >= 0.3 is 11.4 Å². The zero-order valence-electron chi connectivity index (χ0n) is 78.8. The highest BCUT2D eigenvalue weighted by molar-refractivity contribution is 5.96. The number of nitrogens with zero attached hydrogens (tertiary/aromatic N) is 24. The van der Waals surface area contributed by atoms with E-state index in [1.54, 1.807) is 99.7 Å². The summed E-state index contributed by atoms with van der Waals surface area (Å²) in [5.74, 6) is 15.7. The largest absolute Gasteiger partial charge is 0.493 e. The second-order valence-corrected chi connectivity index (χ2v) is 29.2. The van der Waals surface area contributed by atoms with Gasteiger partial charge in [0.05, 0.1) is 107 Å². The van der Waals surface area contributed by atoms with Gasteiger partial charge in [0.25, 0.3) is 23.3 Å². The number of methoxy groups -OCH3 is 4. The van der Waals surface area contributed by atoms with E-state index < -0.39 is 110 Å². The van der Waals surface area contributed by atoms with Gasteiger partial charge in [-0.25, -0.2) is 19.6 Å². The molecule has 6 amide bonds. The van der Waals surface area contributed by atoms with Gasteiger partial charge in [-0.2, -0.15) is 4.98 Å². The number of nitrogen functional groups attached to an aromatic ring is 2. The SMILES string of the molecule is CNCNC(=O)c1cccc(OCC(N=[N+]=[N-])OCC(=O)NCC#Cc2cn(C3CC(OCN=[N+]=[N-])C(COC)O3)c(=O)nc2N)c1.CNCNC(=O)c1cccc(OCC(N=[N+]=[N-])OCC(=O)NCC#Cc2cn(C3CC(OCN=[N+]=[N-])C(COC)O3)c3ncnc(N)c23)c1.CNCNC(=O)c1cccc(OCCN=[N+]=[N-])c1.COCC(=O)NCC#Cc1cn(C2CC(OCN=[N+]=[N-])C(COC)O2)c(=O)[nH]c1=O. The lowest BCUT2D eigenvalue weighted by Gasteiger charge is -2.17. The average Bonchev–Trinajstić information content (AvgIpc) is 1.61. The van der Waals surface area contributed by atoms with E-state index in [-0.39, 0.29) is 159 Å². The Kier molecular flexibility index (Phi) is 51.5. The molecule has 0 radical (unpaired) electrons. The molecule has 766 valence electrons. The van der Waals surface area contributed by atoms with Crippen LogP contribution in [-0.2, 0) is 71.2 Å². The highest BCUT2D eigenvalue weighted by Gasteiger charge is 2.41. The average molecular weight is 2000 g/mol. The molecule has 0 saturated carbocycles. The minimum Gasteiger partial charge on any atom is -0.493 e. The number of nitrogens with one attached hydrogen (secondary N) is 10. The van der Waals surface area contributed by atoms with Crippen molar-refractivity contribution in [2.24, 2.45) is 30.7 Å². The Morgan fingerprint density at radius 3 is 1.32 bits per heavy atom. The summed E-state index contributed by atoms with van der Waals surface area (Å²) in [5, 5.41) is 45.1. The predicted molar refractivity (Wildman–Crippen MR) is 507 cm³/mol. The molecular formula is C84H106N36O24. The van der Waals surface area contributed by atoms with Gasteiger partial charge < -0.3 is 135 Å². The molecule has 144 heavy (non-hydrogen) atoms. The fraction of sp³-hybridized carbons (Fsp3) is 0.476. The number of hydrogen-bond acceptors (Lipinski definition) is 38. The van der Waals surface area contributed by atoms with Crippen LogP contribution in [0.2, 0.25) is 0 Å².